The zero-order chi connectivity index (χ0) is 7.11. The lowest BCUT2D eigenvalue weighted by Gasteiger charge is -1.98. The molecule has 0 radical (unpaired) electrons. The van der Waals surface area contributed by atoms with E-state index in [-0.39, 0.29) is 6.03 Å². The molecular weight excluding hydrogens is 120 g/mol. The minimum atomic E-state index is -0.379. The summed E-state index contributed by atoms with van der Waals surface area (Å²) in [6, 6.07) is -0.379. The summed E-state index contributed by atoms with van der Waals surface area (Å²) in [6.07, 6.45) is 1.48. The van der Waals surface area contributed by atoms with Crippen LogP contribution in [0.2, 0.25) is 0 Å². The van der Waals surface area contributed by atoms with E-state index >= 15 is 0 Å². The van der Waals surface area contributed by atoms with Crippen LogP contribution in [0.4, 0.5) is 4.79 Å². The first-order chi connectivity index (χ1) is 4.31. The Morgan fingerprint density at radius 1 is 1.67 bits per heavy atom. The smallest absolute Gasteiger partial charge is 0.272 e. The summed E-state index contributed by atoms with van der Waals surface area (Å²) in [6.45, 7) is 1.71. The van der Waals surface area contributed by atoms with Crippen molar-refractivity contribution in [1.29, 1.82) is 0 Å². The molecule has 5 nitrogen and oxygen atoms in total. The van der Waals surface area contributed by atoms with Crippen molar-refractivity contribution in [2.45, 2.75) is 6.92 Å². The molecule has 3 N–H and O–H groups in total. The Labute approximate surface area is 53.5 Å². The van der Waals surface area contributed by atoms with Crippen molar-refractivity contribution in [3.63, 3.8) is 0 Å². The fourth-order valence-electron chi connectivity index (χ4n) is 0.265. The summed E-state index contributed by atoms with van der Waals surface area (Å²) in [5, 5.41) is 3.46. The summed E-state index contributed by atoms with van der Waals surface area (Å²) in [5.74, 6) is 0. The van der Waals surface area contributed by atoms with Crippen molar-refractivity contribution >= 4 is 12.2 Å². The van der Waals surface area contributed by atoms with E-state index in [2.05, 4.69) is 21.4 Å². The second-order valence-corrected chi connectivity index (χ2v) is 1.20. The number of urea groups is 1. The van der Waals surface area contributed by atoms with Gasteiger partial charge in [0.15, 0.2) is 0 Å². The summed E-state index contributed by atoms with van der Waals surface area (Å²) in [4.78, 5) is 10.4. The van der Waals surface area contributed by atoms with Crippen LogP contribution in [0.3, 0.4) is 0 Å². The third kappa shape index (κ3) is 4.76. The highest BCUT2D eigenvalue weighted by atomic mass is 16.2. The number of nitrogens with zero attached hydrogens (tertiary/aromatic N) is 1. The second-order valence-electron chi connectivity index (χ2n) is 1.20. The average molecular weight is 130 g/mol. The number of carbonyl (C=O) groups is 1. The van der Waals surface area contributed by atoms with Gasteiger partial charge in [0.05, 0.1) is 0 Å². The number of nitrogens with one attached hydrogen (secondary N) is 3. The lowest BCUT2D eigenvalue weighted by molar-refractivity contribution is 0.238. The minimum absolute atomic E-state index is 0.379. The maximum absolute atomic E-state index is 10.4. The van der Waals surface area contributed by atoms with Crippen molar-refractivity contribution in [3.8, 4) is 0 Å². The monoisotopic (exact) mass is 130 g/mol. The minimum Gasteiger partial charge on any atom is -0.272 e. The molecule has 0 saturated carbocycles. The molecule has 0 fully saturated rings. The van der Waals surface area contributed by atoms with Crippen LogP contribution in [0.25, 0.3) is 0 Å². The van der Waals surface area contributed by atoms with E-state index in [1.165, 1.54) is 6.21 Å². The van der Waals surface area contributed by atoms with Gasteiger partial charge < -0.3 is 0 Å². The van der Waals surface area contributed by atoms with Crippen LogP contribution in [0.1, 0.15) is 6.92 Å². The third-order valence-electron chi connectivity index (χ3n) is 0.534. The third-order valence-corrected chi connectivity index (χ3v) is 0.534. The van der Waals surface area contributed by atoms with Gasteiger partial charge in [0.25, 0.3) is 0 Å². The van der Waals surface area contributed by atoms with Gasteiger partial charge in [-0.2, -0.15) is 5.10 Å². The molecule has 0 aromatic carbocycles. The maximum Gasteiger partial charge on any atom is 0.349 e. The lowest BCUT2D eigenvalue weighted by Crippen LogP contribution is -2.40. The Hall–Kier alpha value is -1.10. The largest absolute Gasteiger partial charge is 0.349 e. The SMILES string of the molecule is C/C=N/NC(=O)NNC. The first-order valence-corrected chi connectivity index (χ1v) is 2.51. The zero-order valence-electron chi connectivity index (χ0n) is 5.43. The Morgan fingerprint density at radius 3 is 2.78 bits per heavy atom. The predicted octanol–water partition coefficient (Wildman–Crippen LogP) is -0.574. The molecule has 9 heavy (non-hydrogen) atoms. The van der Waals surface area contributed by atoms with Crippen LogP contribution >= 0.6 is 0 Å². The van der Waals surface area contributed by atoms with Crippen LogP contribution in [0.15, 0.2) is 5.10 Å². The highest BCUT2D eigenvalue weighted by molar-refractivity contribution is 5.73. The fraction of sp³-hybridized carbons (Fsp3) is 0.500. The zero-order valence-corrected chi connectivity index (χ0v) is 5.43. The van der Waals surface area contributed by atoms with Crippen molar-refractivity contribution in [3.05, 3.63) is 0 Å². The van der Waals surface area contributed by atoms with Crippen LogP contribution in [-0.2, 0) is 0 Å². The molecule has 0 bridgehead atoms. The second kappa shape index (κ2) is 5.04. The molecule has 0 atom stereocenters. The van der Waals surface area contributed by atoms with Crippen molar-refractivity contribution in [2.24, 2.45) is 5.10 Å². The molecule has 0 aromatic rings. The Bertz CT molecular complexity index is 111. The van der Waals surface area contributed by atoms with Gasteiger partial charge in [0.1, 0.15) is 0 Å². The van der Waals surface area contributed by atoms with Gasteiger partial charge in [-0.05, 0) is 6.92 Å². The molecule has 0 aliphatic heterocycles. The molecule has 0 unspecified atom stereocenters. The summed E-state index contributed by atoms with van der Waals surface area (Å²) in [5.41, 5.74) is 6.90. The van der Waals surface area contributed by atoms with E-state index in [0.717, 1.165) is 0 Å². The van der Waals surface area contributed by atoms with Crippen LogP contribution in [0, 0.1) is 0 Å². The van der Waals surface area contributed by atoms with E-state index < -0.39 is 0 Å². The van der Waals surface area contributed by atoms with Crippen molar-refractivity contribution in [1.82, 2.24) is 16.3 Å². The molecule has 0 aliphatic rings. The lowest BCUT2D eigenvalue weighted by atomic mass is 10.9. The van der Waals surface area contributed by atoms with E-state index in [0.29, 0.717) is 0 Å². The molecule has 52 valence electrons. The molecule has 0 aliphatic carbocycles. The van der Waals surface area contributed by atoms with Gasteiger partial charge >= 0.3 is 6.03 Å². The maximum atomic E-state index is 10.4. The number of hydrogen-bond acceptors (Lipinski definition) is 3. The van der Waals surface area contributed by atoms with Crippen molar-refractivity contribution in [2.75, 3.05) is 7.05 Å². The normalized spacial score (nSPS) is 9.56. The standard InChI is InChI=1S/C4H10N4O/c1-3-6-8-4(9)7-5-2/h3,5H,1-2H3,(H2,7,8,9)/b6-3+. The number of hydrazine groups is 1. The number of carbonyl (C=O) groups excluding carboxylic acids is 1. The number of hydrazone groups is 1. The quantitative estimate of drug-likeness (QED) is 0.346. The molecular formula is C4H10N4O. The van der Waals surface area contributed by atoms with Gasteiger partial charge in [-0.25, -0.2) is 15.6 Å². The van der Waals surface area contributed by atoms with Gasteiger partial charge in [0, 0.05) is 13.3 Å². The van der Waals surface area contributed by atoms with Gasteiger partial charge in [-0.3, -0.25) is 5.43 Å². The van der Waals surface area contributed by atoms with E-state index in [1.807, 2.05) is 0 Å². The topological polar surface area (TPSA) is 65.5 Å². The highest BCUT2D eigenvalue weighted by Crippen LogP contribution is 1.58. The van der Waals surface area contributed by atoms with Gasteiger partial charge in [-0.15, -0.1) is 0 Å². The van der Waals surface area contributed by atoms with E-state index in [9.17, 15) is 4.79 Å². The molecule has 0 saturated heterocycles. The molecule has 0 rings (SSSR count). The molecule has 0 heterocycles. The fourth-order valence-corrected chi connectivity index (χ4v) is 0.265. The number of hydrogen-bond donors (Lipinski definition) is 3. The number of rotatable bonds is 2. The number of amides is 2. The van der Waals surface area contributed by atoms with Crippen LogP contribution in [-0.4, -0.2) is 19.3 Å². The molecule has 0 aromatic heterocycles. The Balaban J connectivity index is 3.27. The summed E-state index contributed by atoms with van der Waals surface area (Å²) < 4.78 is 0. The average Bonchev–Trinajstić information content (AvgIpc) is 1.85. The Kier molecular flexibility index (Phi) is 4.43. The molecule has 5 heteroatoms. The Morgan fingerprint density at radius 2 is 2.33 bits per heavy atom. The van der Waals surface area contributed by atoms with E-state index in [1.54, 1.807) is 14.0 Å². The van der Waals surface area contributed by atoms with E-state index in [4.69, 9.17) is 0 Å². The first-order valence-electron chi connectivity index (χ1n) is 2.51. The molecule has 2 amide bonds. The highest BCUT2D eigenvalue weighted by Gasteiger charge is 1.89. The first kappa shape index (κ1) is 7.90. The van der Waals surface area contributed by atoms with Crippen LogP contribution < -0.4 is 16.3 Å². The summed E-state index contributed by atoms with van der Waals surface area (Å²) >= 11 is 0. The van der Waals surface area contributed by atoms with Crippen molar-refractivity contribution < 1.29 is 4.79 Å². The predicted molar refractivity (Wildman–Crippen MR) is 34.9 cm³/mol. The van der Waals surface area contributed by atoms with Crippen LogP contribution in [0.5, 0.6) is 0 Å². The van der Waals surface area contributed by atoms with Gasteiger partial charge in [-0.1, -0.05) is 0 Å². The van der Waals surface area contributed by atoms with Gasteiger partial charge in [0.2, 0.25) is 0 Å². The molecule has 0 spiro atoms. The summed E-state index contributed by atoms with van der Waals surface area (Å²) in [7, 11) is 1.59.